The summed E-state index contributed by atoms with van der Waals surface area (Å²) in [5.41, 5.74) is 2.28. The topological polar surface area (TPSA) is 43.4 Å². The predicted molar refractivity (Wildman–Crippen MR) is 109 cm³/mol. The van der Waals surface area contributed by atoms with Crippen LogP contribution in [0.15, 0.2) is 84.3 Å². The van der Waals surface area contributed by atoms with Crippen LogP contribution in [0.3, 0.4) is 0 Å². The summed E-state index contributed by atoms with van der Waals surface area (Å²) in [6.45, 7) is 5.65. The van der Waals surface area contributed by atoms with Gasteiger partial charge in [0.2, 0.25) is 0 Å². The fourth-order valence-electron chi connectivity index (χ4n) is 2.95. The molecule has 0 N–H and O–H groups in total. The van der Waals surface area contributed by atoms with Crippen molar-refractivity contribution in [2.75, 3.05) is 0 Å². The van der Waals surface area contributed by atoms with E-state index in [1.54, 1.807) is 61.5 Å². The van der Waals surface area contributed by atoms with Crippen molar-refractivity contribution in [3.8, 4) is 5.75 Å². The average Bonchev–Trinajstić information content (AvgIpc) is 2.67. The molecule has 0 amide bonds. The molecule has 28 heavy (non-hydrogen) atoms. The van der Waals surface area contributed by atoms with Crippen LogP contribution in [0.2, 0.25) is 0 Å². The highest BCUT2D eigenvalue weighted by Crippen LogP contribution is 2.29. The van der Waals surface area contributed by atoms with Crippen LogP contribution >= 0.6 is 0 Å². The van der Waals surface area contributed by atoms with Gasteiger partial charge in [0.15, 0.2) is 9.84 Å². The van der Waals surface area contributed by atoms with E-state index in [9.17, 15) is 12.8 Å². The normalized spacial score (nSPS) is 11.2. The third-order valence-electron chi connectivity index (χ3n) is 4.35. The molecule has 3 rings (SSSR count). The van der Waals surface area contributed by atoms with Crippen LogP contribution in [0, 0.1) is 5.82 Å². The Kier molecular flexibility index (Phi) is 5.95. The molecule has 0 saturated carbocycles. The van der Waals surface area contributed by atoms with Crippen LogP contribution in [0.5, 0.6) is 5.75 Å². The molecule has 0 aliphatic rings. The van der Waals surface area contributed by atoms with Crippen molar-refractivity contribution in [1.29, 1.82) is 0 Å². The van der Waals surface area contributed by atoms with E-state index in [0.717, 1.165) is 5.56 Å². The molecule has 3 aromatic rings. The van der Waals surface area contributed by atoms with Gasteiger partial charge in [-0.15, -0.1) is 0 Å². The highest BCUT2D eigenvalue weighted by atomic mass is 32.2. The van der Waals surface area contributed by atoms with E-state index in [1.807, 2.05) is 12.1 Å². The van der Waals surface area contributed by atoms with Crippen LogP contribution < -0.4 is 4.74 Å². The van der Waals surface area contributed by atoms with E-state index >= 15 is 0 Å². The summed E-state index contributed by atoms with van der Waals surface area (Å²) in [7, 11) is -3.48. The zero-order valence-electron chi connectivity index (χ0n) is 15.6. The van der Waals surface area contributed by atoms with Gasteiger partial charge in [0.25, 0.3) is 0 Å². The second kappa shape index (κ2) is 8.40. The monoisotopic (exact) mass is 396 g/mol. The number of ether oxygens (including phenoxy) is 1. The number of hydrogen-bond donors (Lipinski definition) is 0. The second-order valence-corrected chi connectivity index (χ2v) is 8.51. The largest absolute Gasteiger partial charge is 0.488 e. The molecular formula is C23H21FO3S. The molecule has 0 aliphatic heterocycles. The molecule has 144 valence electrons. The number of rotatable bonds is 7. The lowest BCUT2D eigenvalue weighted by molar-refractivity contribution is 0.302. The summed E-state index contributed by atoms with van der Waals surface area (Å²) in [6.07, 6.45) is 0. The molecular weight excluding hydrogens is 375 g/mol. The minimum absolute atomic E-state index is 0.129. The number of allylic oxidation sites excluding steroid dienone is 1. The fraction of sp³-hybridized carbons (Fsp3) is 0.130. The molecule has 0 spiro atoms. The first-order chi connectivity index (χ1) is 13.4. The van der Waals surface area contributed by atoms with E-state index < -0.39 is 15.7 Å². The van der Waals surface area contributed by atoms with Gasteiger partial charge < -0.3 is 4.74 Å². The molecule has 0 radical (unpaired) electrons. The Morgan fingerprint density at radius 3 is 2.25 bits per heavy atom. The van der Waals surface area contributed by atoms with Gasteiger partial charge in [-0.2, -0.15) is 0 Å². The summed E-state index contributed by atoms with van der Waals surface area (Å²) in [5, 5.41) is 0. The zero-order valence-corrected chi connectivity index (χ0v) is 16.4. The predicted octanol–water partition coefficient (Wildman–Crippen LogP) is 5.41. The van der Waals surface area contributed by atoms with Gasteiger partial charge in [-0.3, -0.25) is 0 Å². The first-order valence-corrected chi connectivity index (χ1v) is 10.5. The number of halogens is 1. The molecule has 0 heterocycles. The van der Waals surface area contributed by atoms with Gasteiger partial charge in [0.05, 0.1) is 16.2 Å². The highest BCUT2D eigenvalue weighted by molar-refractivity contribution is 7.90. The third kappa shape index (κ3) is 4.49. The van der Waals surface area contributed by atoms with E-state index in [4.69, 9.17) is 4.74 Å². The van der Waals surface area contributed by atoms with E-state index in [2.05, 4.69) is 6.58 Å². The molecule has 0 aliphatic carbocycles. The quantitative estimate of drug-likeness (QED) is 0.536. The highest BCUT2D eigenvalue weighted by Gasteiger charge is 2.17. The van der Waals surface area contributed by atoms with Crippen molar-refractivity contribution in [2.45, 2.75) is 24.2 Å². The van der Waals surface area contributed by atoms with Crippen molar-refractivity contribution in [1.82, 2.24) is 0 Å². The van der Waals surface area contributed by atoms with Crippen LogP contribution in [-0.4, -0.2) is 8.42 Å². The molecule has 0 fully saturated rings. The summed E-state index contributed by atoms with van der Waals surface area (Å²) < 4.78 is 45.4. The number of hydrogen-bond acceptors (Lipinski definition) is 3. The smallest absolute Gasteiger partial charge is 0.182 e. The third-order valence-corrected chi connectivity index (χ3v) is 6.03. The van der Waals surface area contributed by atoms with Gasteiger partial charge in [-0.25, -0.2) is 12.8 Å². The molecule has 0 atom stereocenters. The SMILES string of the molecule is C=C(C)c1c(F)cccc1OCc1ccccc1CS(=O)(=O)c1ccccc1. The Morgan fingerprint density at radius 1 is 0.929 bits per heavy atom. The summed E-state index contributed by atoms with van der Waals surface area (Å²) in [5.74, 6) is -0.147. The Bertz CT molecular complexity index is 1090. The van der Waals surface area contributed by atoms with Gasteiger partial charge in [0.1, 0.15) is 18.2 Å². The molecule has 3 nitrogen and oxygen atoms in total. The maximum absolute atomic E-state index is 14.1. The number of sulfone groups is 1. The van der Waals surface area contributed by atoms with E-state index in [0.29, 0.717) is 22.4 Å². The first-order valence-electron chi connectivity index (χ1n) is 8.80. The minimum Gasteiger partial charge on any atom is -0.488 e. The number of benzene rings is 3. The molecule has 5 heteroatoms. The van der Waals surface area contributed by atoms with Crippen LogP contribution in [-0.2, 0) is 22.2 Å². The van der Waals surface area contributed by atoms with E-state index in [1.165, 1.54) is 6.07 Å². The standard InChI is InChI=1S/C23H21FO3S/c1-17(2)23-21(24)13-8-14-22(23)27-15-18-9-6-7-10-19(18)16-28(25,26)20-11-4-3-5-12-20/h3-14H,1,15-16H2,2H3. The van der Waals surface area contributed by atoms with Crippen molar-refractivity contribution in [2.24, 2.45) is 0 Å². The average molecular weight is 396 g/mol. The Morgan fingerprint density at radius 2 is 1.57 bits per heavy atom. The Labute approximate surface area is 165 Å². The summed E-state index contributed by atoms with van der Waals surface area (Å²) in [6, 6.07) is 20.1. The van der Waals surface area contributed by atoms with Crippen molar-refractivity contribution >= 4 is 15.4 Å². The van der Waals surface area contributed by atoms with Crippen LogP contribution in [0.1, 0.15) is 23.6 Å². The Balaban J connectivity index is 1.85. The fourth-order valence-corrected chi connectivity index (χ4v) is 4.38. The summed E-state index contributed by atoms with van der Waals surface area (Å²) >= 11 is 0. The maximum atomic E-state index is 14.1. The first kappa shape index (κ1) is 19.8. The molecule has 3 aromatic carbocycles. The molecule has 0 bridgehead atoms. The molecule has 0 unspecified atom stereocenters. The van der Waals surface area contributed by atoms with Gasteiger partial charge in [-0.1, -0.05) is 55.1 Å². The molecule has 0 saturated heterocycles. The lowest BCUT2D eigenvalue weighted by atomic mass is 10.1. The lowest BCUT2D eigenvalue weighted by Gasteiger charge is -2.15. The Hall–Kier alpha value is -2.92. The van der Waals surface area contributed by atoms with Crippen molar-refractivity contribution < 1.29 is 17.5 Å². The minimum atomic E-state index is -3.48. The lowest BCUT2D eigenvalue weighted by Crippen LogP contribution is -2.09. The molecule has 0 aromatic heterocycles. The van der Waals surface area contributed by atoms with Crippen LogP contribution in [0.4, 0.5) is 4.39 Å². The van der Waals surface area contributed by atoms with Crippen molar-refractivity contribution in [3.05, 3.63) is 102 Å². The second-order valence-electron chi connectivity index (χ2n) is 6.52. The zero-order chi connectivity index (χ0) is 20.1. The van der Waals surface area contributed by atoms with Gasteiger partial charge in [0, 0.05) is 0 Å². The van der Waals surface area contributed by atoms with E-state index in [-0.39, 0.29) is 17.3 Å². The maximum Gasteiger partial charge on any atom is 0.182 e. The summed E-state index contributed by atoms with van der Waals surface area (Å²) in [4.78, 5) is 0.278. The van der Waals surface area contributed by atoms with Crippen LogP contribution in [0.25, 0.3) is 5.57 Å². The van der Waals surface area contributed by atoms with Crippen molar-refractivity contribution in [3.63, 3.8) is 0 Å². The van der Waals surface area contributed by atoms with Gasteiger partial charge in [-0.05, 0) is 47.9 Å². The van der Waals surface area contributed by atoms with Gasteiger partial charge >= 0.3 is 0 Å².